The van der Waals surface area contributed by atoms with E-state index in [1.54, 1.807) is 13.2 Å². The number of carbonyl (C=O) groups is 1. The van der Waals surface area contributed by atoms with E-state index in [1.165, 1.54) is 11.1 Å². The predicted molar refractivity (Wildman–Crippen MR) is 107 cm³/mol. The maximum Gasteiger partial charge on any atom is 0.255 e. The fourth-order valence-corrected chi connectivity index (χ4v) is 4.87. The van der Waals surface area contributed by atoms with Gasteiger partial charge in [-0.2, -0.15) is 0 Å². The van der Waals surface area contributed by atoms with Gasteiger partial charge in [0.25, 0.3) is 5.91 Å². The van der Waals surface area contributed by atoms with Crippen LogP contribution in [-0.2, 0) is 10.2 Å². The van der Waals surface area contributed by atoms with Gasteiger partial charge in [0.15, 0.2) is 0 Å². The Morgan fingerprint density at radius 2 is 1.96 bits per heavy atom. The molecule has 1 saturated heterocycles. The molecule has 1 aromatic carbocycles. The smallest absolute Gasteiger partial charge is 0.255 e. The summed E-state index contributed by atoms with van der Waals surface area (Å²) in [5.74, 6) is 1.29. The van der Waals surface area contributed by atoms with Crippen LogP contribution in [0.3, 0.4) is 0 Å². The highest BCUT2D eigenvalue weighted by molar-refractivity contribution is 5.95. The first-order valence-electron chi connectivity index (χ1n) is 9.27. The number of nitrogens with one attached hydrogen (secondary N) is 2. The van der Waals surface area contributed by atoms with Crippen LogP contribution in [0.2, 0.25) is 0 Å². The van der Waals surface area contributed by atoms with Crippen molar-refractivity contribution in [2.75, 3.05) is 20.2 Å². The van der Waals surface area contributed by atoms with Gasteiger partial charge in [-0.15, -0.1) is 12.4 Å². The van der Waals surface area contributed by atoms with Crippen molar-refractivity contribution >= 4 is 18.3 Å². The molecule has 0 radical (unpaired) electrons. The van der Waals surface area contributed by atoms with Gasteiger partial charge in [-0.3, -0.25) is 4.79 Å². The maximum absolute atomic E-state index is 12.9. The van der Waals surface area contributed by atoms with Crippen molar-refractivity contribution in [1.82, 2.24) is 10.6 Å². The monoisotopic (exact) mass is 390 g/mol. The Balaban J connectivity index is 0.00000210. The van der Waals surface area contributed by atoms with Crippen molar-refractivity contribution in [3.63, 3.8) is 0 Å². The lowest BCUT2D eigenvalue weighted by molar-refractivity contribution is 0.00395. The SMILES string of the molecule is CO[C@H]1[C@H](NC(=O)c2cc(C)oc2C)c2ccccc2C12CCNCC2.Cl. The number of ether oxygens (including phenoxy) is 1. The van der Waals surface area contributed by atoms with Gasteiger partial charge in [-0.05, 0) is 57.0 Å². The first kappa shape index (κ1) is 19.9. The summed E-state index contributed by atoms with van der Waals surface area (Å²) in [6, 6.07) is 10.1. The third-order valence-electron chi connectivity index (χ3n) is 6.00. The van der Waals surface area contributed by atoms with Crippen LogP contribution in [0.15, 0.2) is 34.7 Å². The van der Waals surface area contributed by atoms with E-state index in [-0.39, 0.29) is 35.9 Å². The van der Waals surface area contributed by atoms with Gasteiger partial charge in [-0.1, -0.05) is 24.3 Å². The summed E-state index contributed by atoms with van der Waals surface area (Å²) in [6.07, 6.45) is 1.96. The molecule has 1 fully saturated rings. The molecular formula is C21H27ClN2O3. The first-order valence-corrected chi connectivity index (χ1v) is 9.27. The molecule has 0 unspecified atom stereocenters. The number of hydrogen-bond acceptors (Lipinski definition) is 4. The summed E-state index contributed by atoms with van der Waals surface area (Å²) in [5.41, 5.74) is 3.04. The number of hydrogen-bond donors (Lipinski definition) is 2. The highest BCUT2D eigenvalue weighted by atomic mass is 35.5. The van der Waals surface area contributed by atoms with Gasteiger partial charge in [0.1, 0.15) is 11.5 Å². The molecule has 2 aliphatic rings. The molecule has 2 aromatic rings. The van der Waals surface area contributed by atoms with Crippen LogP contribution in [0.5, 0.6) is 0 Å². The van der Waals surface area contributed by atoms with E-state index in [2.05, 4.69) is 28.8 Å². The van der Waals surface area contributed by atoms with Gasteiger partial charge in [0.05, 0.1) is 17.7 Å². The fraction of sp³-hybridized carbons (Fsp3) is 0.476. The molecule has 0 saturated carbocycles. The van der Waals surface area contributed by atoms with Crippen molar-refractivity contribution in [3.8, 4) is 0 Å². The van der Waals surface area contributed by atoms with Gasteiger partial charge >= 0.3 is 0 Å². The maximum atomic E-state index is 12.9. The second-order valence-corrected chi connectivity index (χ2v) is 7.43. The van der Waals surface area contributed by atoms with E-state index in [0.29, 0.717) is 11.3 Å². The van der Waals surface area contributed by atoms with Gasteiger partial charge in [0, 0.05) is 12.5 Å². The molecular weight excluding hydrogens is 364 g/mol. The number of furan rings is 1. The molecule has 1 spiro atoms. The Labute approximate surface area is 166 Å². The molecule has 0 bridgehead atoms. The van der Waals surface area contributed by atoms with Gasteiger partial charge in [0.2, 0.25) is 0 Å². The molecule has 6 heteroatoms. The molecule has 4 rings (SSSR count). The number of methoxy groups -OCH3 is 1. The van der Waals surface area contributed by atoms with Crippen LogP contribution in [0.4, 0.5) is 0 Å². The van der Waals surface area contributed by atoms with Crippen molar-refractivity contribution in [2.45, 2.75) is 44.2 Å². The highest BCUT2D eigenvalue weighted by Gasteiger charge is 2.53. The van der Waals surface area contributed by atoms with Crippen LogP contribution < -0.4 is 10.6 Å². The minimum Gasteiger partial charge on any atom is -0.466 e. The van der Waals surface area contributed by atoms with Crippen molar-refractivity contribution < 1.29 is 13.9 Å². The summed E-state index contributed by atoms with van der Waals surface area (Å²) in [5, 5.41) is 6.68. The van der Waals surface area contributed by atoms with E-state index >= 15 is 0 Å². The lowest BCUT2D eigenvalue weighted by Crippen LogP contribution is -2.49. The van der Waals surface area contributed by atoms with Crippen LogP contribution >= 0.6 is 12.4 Å². The number of carbonyl (C=O) groups excluding carboxylic acids is 1. The zero-order valence-electron chi connectivity index (χ0n) is 16.0. The zero-order chi connectivity index (χ0) is 18.3. The van der Waals surface area contributed by atoms with Gasteiger partial charge < -0.3 is 19.8 Å². The Morgan fingerprint density at radius 1 is 1.26 bits per heavy atom. The standard InChI is InChI=1S/C21H26N2O3.ClH/c1-13-12-16(14(2)26-13)20(24)23-18-15-6-4-5-7-17(15)21(19(18)25-3)8-10-22-11-9-21;/h4-7,12,18-19,22H,8-11H2,1-3H3,(H,23,24);1H/t18-,19+;/m1./s1. The largest absolute Gasteiger partial charge is 0.466 e. The minimum atomic E-state index is -0.156. The van der Waals surface area contributed by atoms with Crippen LogP contribution in [-0.4, -0.2) is 32.2 Å². The molecule has 1 aliphatic carbocycles. The topological polar surface area (TPSA) is 63.5 Å². The third-order valence-corrected chi connectivity index (χ3v) is 6.00. The summed E-state index contributed by atoms with van der Waals surface area (Å²) < 4.78 is 11.5. The zero-order valence-corrected chi connectivity index (χ0v) is 16.8. The quantitative estimate of drug-likeness (QED) is 0.842. The average molecular weight is 391 g/mol. The normalized spacial score (nSPS) is 22.9. The molecule has 2 atom stereocenters. The summed E-state index contributed by atoms with van der Waals surface area (Å²) in [7, 11) is 1.76. The molecule has 5 nitrogen and oxygen atoms in total. The van der Waals surface area contributed by atoms with Crippen LogP contribution in [0, 0.1) is 13.8 Å². The summed E-state index contributed by atoms with van der Waals surface area (Å²) in [6.45, 7) is 5.62. The van der Waals surface area contributed by atoms with E-state index in [1.807, 2.05) is 19.9 Å². The fourth-order valence-electron chi connectivity index (χ4n) is 4.87. The number of rotatable bonds is 3. The second kappa shape index (κ2) is 7.66. The molecule has 146 valence electrons. The number of fused-ring (bicyclic) bond motifs is 2. The van der Waals surface area contributed by atoms with E-state index < -0.39 is 0 Å². The van der Waals surface area contributed by atoms with E-state index in [9.17, 15) is 4.79 Å². The van der Waals surface area contributed by atoms with Crippen molar-refractivity contribution in [2.24, 2.45) is 0 Å². The van der Waals surface area contributed by atoms with Crippen LogP contribution in [0.25, 0.3) is 0 Å². The number of amides is 1. The average Bonchev–Trinajstić information content (AvgIpc) is 3.11. The molecule has 2 N–H and O–H groups in total. The number of benzene rings is 1. The Bertz CT molecular complexity index is 827. The summed E-state index contributed by atoms with van der Waals surface area (Å²) in [4.78, 5) is 12.9. The number of halogens is 1. The molecule has 27 heavy (non-hydrogen) atoms. The first-order chi connectivity index (χ1) is 12.6. The predicted octanol–water partition coefficient (Wildman–Crippen LogP) is 3.44. The molecule has 1 aromatic heterocycles. The second-order valence-electron chi connectivity index (χ2n) is 7.43. The number of piperidine rings is 1. The molecule has 2 heterocycles. The van der Waals surface area contributed by atoms with Crippen molar-refractivity contribution in [3.05, 3.63) is 58.5 Å². The third kappa shape index (κ3) is 3.18. The highest BCUT2D eigenvalue weighted by Crippen LogP contribution is 2.51. The minimum absolute atomic E-state index is 0. The van der Waals surface area contributed by atoms with Crippen LogP contribution in [0.1, 0.15) is 51.9 Å². The van der Waals surface area contributed by atoms with E-state index in [4.69, 9.17) is 9.15 Å². The van der Waals surface area contributed by atoms with Gasteiger partial charge in [-0.25, -0.2) is 0 Å². The molecule has 1 aliphatic heterocycles. The lowest BCUT2D eigenvalue weighted by Gasteiger charge is -2.40. The van der Waals surface area contributed by atoms with E-state index in [0.717, 1.165) is 31.7 Å². The Morgan fingerprint density at radius 3 is 2.59 bits per heavy atom. The lowest BCUT2D eigenvalue weighted by atomic mass is 9.72. The van der Waals surface area contributed by atoms with Crippen molar-refractivity contribution in [1.29, 1.82) is 0 Å². The Hall–Kier alpha value is -1.82. The molecule has 1 amide bonds. The summed E-state index contributed by atoms with van der Waals surface area (Å²) >= 11 is 0. The Kier molecular flexibility index (Phi) is 5.65. The number of aryl methyl sites for hydroxylation is 2.